The number of furan rings is 1. The molecule has 2 amide bonds. The molecule has 0 radical (unpaired) electrons. The first-order chi connectivity index (χ1) is 19.6. The monoisotopic (exact) mass is 569 g/mol. The quantitative estimate of drug-likeness (QED) is 0.214. The van der Waals surface area contributed by atoms with E-state index < -0.39 is 29.6 Å². The Hall–Kier alpha value is -4.64. The fourth-order valence-electron chi connectivity index (χ4n) is 3.92. The third kappa shape index (κ3) is 8.67. The number of amides is 2. The lowest BCUT2D eigenvalue weighted by Crippen LogP contribution is -2.41. The molecule has 0 atom stereocenters. The van der Waals surface area contributed by atoms with Crippen LogP contribution in [0.2, 0.25) is 0 Å². The highest BCUT2D eigenvalue weighted by Crippen LogP contribution is 2.31. The van der Waals surface area contributed by atoms with E-state index in [9.17, 15) is 27.2 Å². The van der Waals surface area contributed by atoms with Crippen LogP contribution in [0.1, 0.15) is 17.1 Å². The first kappa shape index (κ1) is 29.3. The number of hydrogen-bond acceptors (Lipinski definition) is 5. The number of hydrogen-bond donors (Lipinski definition) is 1. The van der Waals surface area contributed by atoms with Crippen LogP contribution >= 0.6 is 0 Å². The smallest absolute Gasteiger partial charge is 0.449 e. The number of ether oxygens (including phenoxy) is 1. The lowest BCUT2D eigenvalue weighted by atomic mass is 10.2. The van der Waals surface area contributed by atoms with E-state index in [0.29, 0.717) is 22.7 Å². The van der Waals surface area contributed by atoms with E-state index in [1.165, 1.54) is 29.0 Å². The predicted molar refractivity (Wildman–Crippen MR) is 143 cm³/mol. The molecular weight excluding hydrogens is 542 g/mol. The van der Waals surface area contributed by atoms with Gasteiger partial charge in [-0.15, -0.1) is 0 Å². The van der Waals surface area contributed by atoms with E-state index in [1.54, 1.807) is 48.5 Å². The number of halogens is 4. The fourth-order valence-corrected chi connectivity index (χ4v) is 3.92. The number of nitrogens with one attached hydrogen (secondary N) is 1. The topological polar surface area (TPSA) is 75.0 Å². The van der Waals surface area contributed by atoms with Gasteiger partial charge < -0.3 is 19.4 Å². The third-order valence-electron chi connectivity index (χ3n) is 5.95. The zero-order chi connectivity index (χ0) is 29.4. The van der Waals surface area contributed by atoms with Crippen molar-refractivity contribution >= 4 is 17.5 Å². The van der Waals surface area contributed by atoms with Gasteiger partial charge in [0.2, 0.25) is 17.6 Å². The molecule has 1 N–H and O–H groups in total. The SMILES string of the molecule is CN(Cc1ccccc1F)C(=O)CN(CC(=O)Nc1ccc(Oc2ccccc2)cc1)Cc1ccc(C(F)(F)F)o1. The molecular formula is C30H27F4N3O4. The summed E-state index contributed by atoms with van der Waals surface area (Å²) in [5.41, 5.74) is 0.754. The van der Waals surface area contributed by atoms with E-state index in [4.69, 9.17) is 9.15 Å². The summed E-state index contributed by atoms with van der Waals surface area (Å²) in [5, 5.41) is 2.71. The average Bonchev–Trinajstić information content (AvgIpc) is 3.41. The van der Waals surface area contributed by atoms with Crippen LogP contribution in [0.5, 0.6) is 11.5 Å². The average molecular weight is 570 g/mol. The maximum Gasteiger partial charge on any atom is 0.449 e. The van der Waals surface area contributed by atoms with Crippen LogP contribution in [-0.2, 0) is 28.9 Å². The van der Waals surface area contributed by atoms with Crippen LogP contribution in [0, 0.1) is 5.82 Å². The lowest BCUT2D eigenvalue weighted by molar-refractivity contribution is -0.153. The van der Waals surface area contributed by atoms with Crippen LogP contribution in [0.3, 0.4) is 0 Å². The predicted octanol–water partition coefficient (Wildman–Crippen LogP) is 6.33. The van der Waals surface area contributed by atoms with Crippen molar-refractivity contribution in [3.63, 3.8) is 0 Å². The van der Waals surface area contributed by atoms with Crippen molar-refractivity contribution in [2.75, 3.05) is 25.5 Å². The van der Waals surface area contributed by atoms with Gasteiger partial charge in [0.15, 0.2) is 0 Å². The Bertz CT molecular complexity index is 1460. The summed E-state index contributed by atoms with van der Waals surface area (Å²) in [6, 6.07) is 23.7. The molecule has 1 heterocycles. The van der Waals surface area contributed by atoms with Gasteiger partial charge >= 0.3 is 6.18 Å². The van der Waals surface area contributed by atoms with Crippen molar-refractivity contribution in [3.05, 3.63) is 114 Å². The molecule has 0 fully saturated rings. The second-order valence-corrected chi connectivity index (χ2v) is 9.24. The number of carbonyl (C=O) groups excluding carboxylic acids is 2. The Morgan fingerprint density at radius 1 is 0.829 bits per heavy atom. The van der Waals surface area contributed by atoms with Crippen LogP contribution in [0.4, 0.5) is 23.2 Å². The molecule has 0 spiro atoms. The second-order valence-electron chi connectivity index (χ2n) is 9.24. The molecule has 0 saturated heterocycles. The Balaban J connectivity index is 1.41. The molecule has 0 unspecified atom stereocenters. The number of carbonyl (C=O) groups is 2. The summed E-state index contributed by atoms with van der Waals surface area (Å²) >= 11 is 0. The molecule has 214 valence electrons. The summed E-state index contributed by atoms with van der Waals surface area (Å²) in [7, 11) is 1.47. The van der Waals surface area contributed by atoms with E-state index in [1.807, 2.05) is 18.2 Å². The Morgan fingerprint density at radius 2 is 1.49 bits per heavy atom. The Morgan fingerprint density at radius 3 is 2.15 bits per heavy atom. The summed E-state index contributed by atoms with van der Waals surface area (Å²) < 4.78 is 63.8. The minimum Gasteiger partial charge on any atom is -0.457 e. The largest absolute Gasteiger partial charge is 0.457 e. The van der Waals surface area contributed by atoms with Gasteiger partial charge in [-0.05, 0) is 54.6 Å². The van der Waals surface area contributed by atoms with E-state index >= 15 is 0 Å². The van der Waals surface area contributed by atoms with Crippen molar-refractivity contribution in [1.82, 2.24) is 9.80 Å². The van der Waals surface area contributed by atoms with Crippen LogP contribution < -0.4 is 10.1 Å². The minimum atomic E-state index is -4.67. The molecule has 0 saturated carbocycles. The molecule has 4 aromatic rings. The van der Waals surface area contributed by atoms with Gasteiger partial charge in [-0.1, -0.05) is 36.4 Å². The van der Waals surface area contributed by atoms with Crippen molar-refractivity contribution in [2.24, 2.45) is 0 Å². The highest BCUT2D eigenvalue weighted by atomic mass is 19.4. The van der Waals surface area contributed by atoms with Crippen LogP contribution in [0.15, 0.2) is 95.4 Å². The zero-order valence-electron chi connectivity index (χ0n) is 22.0. The molecule has 0 aliphatic carbocycles. The number of para-hydroxylation sites is 1. The first-order valence-corrected chi connectivity index (χ1v) is 12.6. The minimum absolute atomic E-state index is 0.0259. The zero-order valence-corrected chi connectivity index (χ0v) is 22.0. The maximum atomic E-state index is 14.1. The van der Waals surface area contributed by atoms with Crippen molar-refractivity contribution in [2.45, 2.75) is 19.3 Å². The van der Waals surface area contributed by atoms with Crippen LogP contribution in [0.25, 0.3) is 0 Å². The normalized spacial score (nSPS) is 11.4. The highest BCUT2D eigenvalue weighted by Gasteiger charge is 2.35. The number of nitrogens with zero attached hydrogens (tertiary/aromatic N) is 2. The molecule has 4 rings (SSSR count). The molecule has 1 aromatic heterocycles. The molecule has 11 heteroatoms. The fraction of sp³-hybridized carbons (Fsp3) is 0.200. The second kappa shape index (κ2) is 13.1. The molecule has 3 aromatic carbocycles. The van der Waals surface area contributed by atoms with Crippen molar-refractivity contribution in [3.8, 4) is 11.5 Å². The molecule has 7 nitrogen and oxygen atoms in total. The highest BCUT2D eigenvalue weighted by molar-refractivity contribution is 5.92. The first-order valence-electron chi connectivity index (χ1n) is 12.6. The number of likely N-dealkylation sites (N-methyl/N-ethyl adjacent to an activating group) is 1. The van der Waals surface area contributed by atoms with E-state index in [2.05, 4.69) is 5.32 Å². The number of alkyl halides is 3. The van der Waals surface area contributed by atoms with Crippen molar-refractivity contribution < 1.29 is 36.3 Å². The molecule has 41 heavy (non-hydrogen) atoms. The van der Waals surface area contributed by atoms with Gasteiger partial charge in [0, 0.05) is 24.8 Å². The number of benzene rings is 3. The van der Waals surface area contributed by atoms with Gasteiger partial charge in [-0.2, -0.15) is 13.2 Å². The van der Waals surface area contributed by atoms with Crippen LogP contribution in [-0.4, -0.2) is 41.8 Å². The summed E-state index contributed by atoms with van der Waals surface area (Å²) in [5.74, 6) is -1.50. The molecule has 0 aliphatic rings. The van der Waals surface area contributed by atoms with Gasteiger partial charge in [-0.3, -0.25) is 14.5 Å². The van der Waals surface area contributed by atoms with E-state index in [0.717, 1.165) is 12.1 Å². The number of rotatable bonds is 11. The number of anilines is 1. The standard InChI is InChI=1S/C30H27F4N3O4/c1-36(17-21-7-5-6-10-26(21)31)29(39)20-37(18-25-15-16-27(41-25)30(32,33)34)19-28(38)35-22-11-13-24(14-12-22)40-23-8-3-2-4-9-23/h2-16H,17-20H2,1H3,(H,35,38). The van der Waals surface area contributed by atoms with Gasteiger partial charge in [0.05, 0.1) is 19.6 Å². The third-order valence-corrected chi connectivity index (χ3v) is 5.95. The maximum absolute atomic E-state index is 14.1. The van der Waals surface area contributed by atoms with Gasteiger partial charge in [0.25, 0.3) is 0 Å². The summed E-state index contributed by atoms with van der Waals surface area (Å²) in [4.78, 5) is 28.5. The Kier molecular flexibility index (Phi) is 9.41. The Labute approximate surface area is 233 Å². The summed E-state index contributed by atoms with van der Waals surface area (Å²) in [6.07, 6.45) is -4.67. The molecule has 0 aliphatic heterocycles. The van der Waals surface area contributed by atoms with Gasteiger partial charge in [0.1, 0.15) is 23.1 Å². The summed E-state index contributed by atoms with van der Waals surface area (Å²) in [6.45, 7) is -0.928. The van der Waals surface area contributed by atoms with Crippen molar-refractivity contribution in [1.29, 1.82) is 0 Å². The van der Waals surface area contributed by atoms with E-state index in [-0.39, 0.29) is 31.9 Å². The lowest BCUT2D eigenvalue weighted by Gasteiger charge is -2.24. The van der Waals surface area contributed by atoms with Gasteiger partial charge in [-0.25, -0.2) is 4.39 Å². The molecule has 0 bridgehead atoms.